The molecule has 3 aromatic rings. The number of rotatable bonds is 9. The highest BCUT2D eigenvalue weighted by molar-refractivity contribution is 7.09. The highest BCUT2D eigenvalue weighted by Gasteiger charge is 2.27. The minimum Gasteiger partial charge on any atom is -0.481 e. The van der Waals surface area contributed by atoms with Crippen molar-refractivity contribution in [2.45, 2.75) is 77.8 Å². The average Bonchev–Trinajstić information content (AvgIpc) is 3.40. The molecular formula is C27H35N3O3S. The van der Waals surface area contributed by atoms with Crippen LogP contribution in [0, 0.1) is 11.8 Å². The number of nitrogens with one attached hydrogen (secondary N) is 1. The fourth-order valence-electron chi connectivity index (χ4n) is 5.28. The highest BCUT2D eigenvalue weighted by atomic mass is 32.1. The first kappa shape index (κ1) is 24.5. The van der Waals surface area contributed by atoms with Crippen molar-refractivity contribution in [3.8, 4) is 0 Å². The summed E-state index contributed by atoms with van der Waals surface area (Å²) in [6, 6.07) is 9.98. The van der Waals surface area contributed by atoms with Gasteiger partial charge in [-0.2, -0.15) is 0 Å². The highest BCUT2D eigenvalue weighted by Crippen LogP contribution is 2.37. The molecule has 1 saturated carbocycles. The van der Waals surface area contributed by atoms with Crippen LogP contribution < -0.4 is 5.32 Å². The fourth-order valence-corrected chi connectivity index (χ4v) is 5.98. The largest absolute Gasteiger partial charge is 0.481 e. The lowest BCUT2D eigenvalue weighted by Crippen LogP contribution is -2.37. The van der Waals surface area contributed by atoms with Gasteiger partial charge >= 0.3 is 5.97 Å². The van der Waals surface area contributed by atoms with Crippen LogP contribution in [0.2, 0.25) is 0 Å². The van der Waals surface area contributed by atoms with Gasteiger partial charge in [0.15, 0.2) is 0 Å². The van der Waals surface area contributed by atoms with Crippen molar-refractivity contribution in [3.05, 3.63) is 52.0 Å². The molecule has 4 rings (SSSR count). The number of benzene rings is 1. The van der Waals surface area contributed by atoms with Crippen molar-refractivity contribution < 1.29 is 14.7 Å². The Bertz CT molecular complexity index is 1140. The number of carboxylic acid groups (broad SMARTS) is 1. The summed E-state index contributed by atoms with van der Waals surface area (Å²) >= 11 is 1.74. The lowest BCUT2D eigenvalue weighted by Gasteiger charge is -2.31. The molecule has 0 spiro atoms. The van der Waals surface area contributed by atoms with Crippen LogP contribution in [0.15, 0.2) is 35.7 Å². The van der Waals surface area contributed by atoms with Crippen LogP contribution in [-0.2, 0) is 11.2 Å². The maximum Gasteiger partial charge on any atom is 0.305 e. The third-order valence-corrected chi connectivity index (χ3v) is 7.72. The van der Waals surface area contributed by atoms with Crippen LogP contribution in [0.5, 0.6) is 0 Å². The first-order valence-electron chi connectivity index (χ1n) is 12.4. The molecule has 1 aliphatic rings. The molecule has 2 heterocycles. The molecule has 0 saturated heterocycles. The number of carbonyl (C=O) groups excluding carboxylic acids is 1. The minimum atomic E-state index is -0.903. The molecule has 7 heteroatoms. The van der Waals surface area contributed by atoms with Crippen molar-refractivity contribution in [1.29, 1.82) is 0 Å². The summed E-state index contributed by atoms with van der Waals surface area (Å²) in [5.41, 5.74) is 2.43. The predicted octanol–water partition coefficient (Wildman–Crippen LogP) is 6.06. The zero-order valence-corrected chi connectivity index (χ0v) is 21.1. The van der Waals surface area contributed by atoms with E-state index in [1.54, 1.807) is 11.3 Å². The number of fused-ring (bicyclic) bond motifs is 1. The summed E-state index contributed by atoms with van der Waals surface area (Å²) in [6.45, 7) is 6.39. The molecule has 1 fully saturated rings. The Morgan fingerprint density at radius 3 is 2.71 bits per heavy atom. The average molecular weight is 482 g/mol. The van der Waals surface area contributed by atoms with Gasteiger partial charge in [0.1, 0.15) is 5.82 Å². The molecule has 2 N–H and O–H groups in total. The number of carbonyl (C=O) groups is 2. The lowest BCUT2D eigenvalue weighted by molar-refractivity contribution is -0.137. The Balaban J connectivity index is 1.66. The zero-order valence-electron chi connectivity index (χ0n) is 20.3. The van der Waals surface area contributed by atoms with Gasteiger partial charge in [0, 0.05) is 28.9 Å². The summed E-state index contributed by atoms with van der Waals surface area (Å²) in [4.78, 5) is 30.6. The van der Waals surface area contributed by atoms with Gasteiger partial charge in [0.05, 0.1) is 17.5 Å². The monoisotopic (exact) mass is 481 g/mol. The summed E-state index contributed by atoms with van der Waals surface area (Å²) in [6.07, 6.45) is 6.22. The van der Waals surface area contributed by atoms with E-state index >= 15 is 0 Å². The van der Waals surface area contributed by atoms with Crippen molar-refractivity contribution in [2.24, 2.45) is 11.8 Å². The van der Waals surface area contributed by atoms with Gasteiger partial charge in [0.2, 0.25) is 0 Å². The first-order valence-corrected chi connectivity index (χ1v) is 13.3. The summed E-state index contributed by atoms with van der Waals surface area (Å²) in [5, 5.41) is 14.3. The van der Waals surface area contributed by atoms with Crippen LogP contribution in [0.25, 0.3) is 11.0 Å². The Hall–Kier alpha value is -2.67. The van der Waals surface area contributed by atoms with E-state index in [1.165, 1.54) is 24.1 Å². The van der Waals surface area contributed by atoms with E-state index < -0.39 is 12.0 Å². The number of hydrogen-bond acceptors (Lipinski definition) is 4. The van der Waals surface area contributed by atoms with Crippen LogP contribution in [0.3, 0.4) is 0 Å². The molecule has 0 radical (unpaired) electrons. The van der Waals surface area contributed by atoms with Crippen LogP contribution in [0.4, 0.5) is 0 Å². The molecule has 1 aromatic carbocycles. The predicted molar refractivity (Wildman–Crippen MR) is 136 cm³/mol. The second-order valence-corrected chi connectivity index (χ2v) is 11.1. The van der Waals surface area contributed by atoms with Gasteiger partial charge in [-0.05, 0) is 60.7 Å². The normalized spacial score (nSPS) is 19.4. The van der Waals surface area contributed by atoms with Gasteiger partial charge in [-0.1, -0.05) is 39.7 Å². The standard InChI is InChI=1S/C27H35N3O3S/c1-17(2)13-20(15-26(31)32)28-27(33)19-10-11-24-22(14-19)29-25(16-21-8-6-12-34-21)30(24)23-9-5-4-7-18(23)3/h6,8,10-12,14,17-18,20,23H,4-5,7,9,13,15-16H2,1-3H3,(H,28,33)(H,31,32)/t18?,20?,23-/m0/s1. The quantitative estimate of drug-likeness (QED) is 0.389. The van der Waals surface area contributed by atoms with Gasteiger partial charge in [-0.25, -0.2) is 4.98 Å². The number of hydrogen-bond donors (Lipinski definition) is 2. The topological polar surface area (TPSA) is 84.2 Å². The Kier molecular flexibility index (Phi) is 7.71. The van der Waals surface area contributed by atoms with Gasteiger partial charge in [-0.15, -0.1) is 11.3 Å². The molecule has 0 bridgehead atoms. The van der Waals surface area contributed by atoms with Crippen molar-refractivity contribution in [3.63, 3.8) is 0 Å². The summed E-state index contributed by atoms with van der Waals surface area (Å²) < 4.78 is 2.42. The SMILES string of the molecule is CC(C)CC(CC(=O)O)NC(=O)c1ccc2c(c1)nc(Cc1cccs1)n2[C@H]1CCCCC1C. The third kappa shape index (κ3) is 5.69. The molecule has 2 aromatic heterocycles. The van der Waals surface area contributed by atoms with E-state index in [0.29, 0.717) is 29.9 Å². The zero-order chi connectivity index (χ0) is 24.2. The molecule has 6 nitrogen and oxygen atoms in total. The first-order chi connectivity index (χ1) is 16.3. The van der Waals surface area contributed by atoms with Gasteiger partial charge in [0.25, 0.3) is 5.91 Å². The molecular weight excluding hydrogens is 446 g/mol. The number of amides is 1. The second-order valence-electron chi connectivity index (χ2n) is 10.1. The van der Waals surface area contributed by atoms with Crippen LogP contribution in [-0.4, -0.2) is 32.6 Å². The van der Waals surface area contributed by atoms with Crippen molar-refractivity contribution >= 4 is 34.2 Å². The van der Waals surface area contributed by atoms with Gasteiger partial charge in [-0.3, -0.25) is 9.59 Å². The maximum atomic E-state index is 13.0. The summed E-state index contributed by atoms with van der Waals surface area (Å²) in [7, 11) is 0. The molecule has 182 valence electrons. The Morgan fingerprint density at radius 1 is 1.24 bits per heavy atom. The number of imidazole rings is 1. The lowest BCUT2D eigenvalue weighted by atomic mass is 9.85. The fraction of sp³-hybridized carbons (Fsp3) is 0.519. The Morgan fingerprint density at radius 2 is 2.03 bits per heavy atom. The molecule has 3 atom stereocenters. The number of nitrogens with zero attached hydrogens (tertiary/aromatic N) is 2. The second kappa shape index (κ2) is 10.7. The van der Waals surface area contributed by atoms with E-state index in [0.717, 1.165) is 29.7 Å². The van der Waals surface area contributed by atoms with Crippen LogP contribution in [0.1, 0.15) is 86.4 Å². The van der Waals surface area contributed by atoms with E-state index in [-0.39, 0.29) is 12.3 Å². The third-order valence-electron chi connectivity index (χ3n) is 6.85. The molecule has 1 amide bonds. The van der Waals surface area contributed by atoms with Crippen molar-refractivity contribution in [2.75, 3.05) is 0 Å². The molecule has 0 aliphatic heterocycles. The maximum absolute atomic E-state index is 13.0. The van der Waals surface area contributed by atoms with E-state index in [9.17, 15) is 14.7 Å². The van der Waals surface area contributed by atoms with E-state index in [4.69, 9.17) is 4.98 Å². The van der Waals surface area contributed by atoms with Crippen LogP contribution >= 0.6 is 11.3 Å². The number of thiophene rings is 1. The molecule has 34 heavy (non-hydrogen) atoms. The number of carboxylic acids is 1. The molecule has 2 unspecified atom stereocenters. The Labute approximate surface area is 205 Å². The van der Waals surface area contributed by atoms with Crippen molar-refractivity contribution in [1.82, 2.24) is 14.9 Å². The van der Waals surface area contributed by atoms with E-state index in [2.05, 4.69) is 34.3 Å². The van der Waals surface area contributed by atoms with Gasteiger partial charge < -0.3 is 15.0 Å². The molecule has 1 aliphatic carbocycles. The minimum absolute atomic E-state index is 0.0781. The summed E-state index contributed by atoms with van der Waals surface area (Å²) in [5.74, 6) is 0.788. The van der Waals surface area contributed by atoms with E-state index in [1.807, 2.05) is 32.0 Å². The smallest absolute Gasteiger partial charge is 0.305 e. The number of aliphatic carboxylic acids is 1. The number of aromatic nitrogens is 2.